The Morgan fingerprint density at radius 2 is 1.64 bits per heavy atom. The summed E-state index contributed by atoms with van der Waals surface area (Å²) in [6.45, 7) is 9.71. The van der Waals surface area contributed by atoms with Gasteiger partial charge in [-0.05, 0) is 95.7 Å². The van der Waals surface area contributed by atoms with E-state index in [-0.39, 0.29) is 35.8 Å². The predicted octanol–water partition coefficient (Wildman–Crippen LogP) is 3.03. The van der Waals surface area contributed by atoms with E-state index >= 15 is 0 Å². The van der Waals surface area contributed by atoms with Crippen molar-refractivity contribution in [3.05, 3.63) is 87.0 Å². The minimum absolute atomic E-state index is 0.0571. The molecule has 0 unspecified atom stereocenters. The monoisotopic (exact) mass is 594 g/mol. The summed E-state index contributed by atoms with van der Waals surface area (Å²) in [5.74, 6) is 0.814. The Morgan fingerprint density at radius 1 is 1.02 bits per heavy atom. The summed E-state index contributed by atoms with van der Waals surface area (Å²) in [5, 5.41) is 19.0. The Kier molecular flexibility index (Phi) is 7.70. The average Bonchev–Trinajstić information content (AvgIpc) is 3.53. The van der Waals surface area contributed by atoms with Crippen LogP contribution in [0.2, 0.25) is 0 Å². The predicted molar refractivity (Wildman–Crippen MR) is 163 cm³/mol. The van der Waals surface area contributed by atoms with E-state index < -0.39 is 5.41 Å². The Balaban J connectivity index is 1.43. The van der Waals surface area contributed by atoms with Crippen molar-refractivity contribution >= 4 is 17.7 Å². The molecule has 0 bridgehead atoms. The zero-order valence-electron chi connectivity index (χ0n) is 25.6. The molecule has 1 saturated heterocycles. The molecular formula is C33H38N8O3. The summed E-state index contributed by atoms with van der Waals surface area (Å²) in [7, 11) is 4.97. The van der Waals surface area contributed by atoms with E-state index in [1.54, 1.807) is 21.1 Å². The van der Waals surface area contributed by atoms with Gasteiger partial charge in [0.05, 0.1) is 12.5 Å². The summed E-state index contributed by atoms with van der Waals surface area (Å²) >= 11 is 0. The number of carbonyl (C=O) groups is 3. The van der Waals surface area contributed by atoms with Crippen LogP contribution < -0.4 is 10.6 Å². The van der Waals surface area contributed by atoms with Crippen molar-refractivity contribution in [2.75, 3.05) is 14.1 Å². The Morgan fingerprint density at radius 3 is 2.16 bits per heavy atom. The highest BCUT2D eigenvalue weighted by molar-refractivity contribution is 5.95. The molecule has 6 rings (SSSR count). The summed E-state index contributed by atoms with van der Waals surface area (Å²) in [5.41, 5.74) is 4.32. The zero-order valence-corrected chi connectivity index (χ0v) is 25.6. The number of carbonyl (C=O) groups excluding carboxylic acids is 3. The van der Waals surface area contributed by atoms with Crippen LogP contribution in [0.1, 0.15) is 87.8 Å². The fourth-order valence-electron chi connectivity index (χ4n) is 7.45. The number of aryl methyl sites for hydroxylation is 3. The molecule has 2 heterocycles. The number of amides is 3. The summed E-state index contributed by atoms with van der Waals surface area (Å²) in [6.07, 6.45) is 4.38. The molecule has 3 aliphatic rings. The second-order valence-electron chi connectivity index (χ2n) is 12.5. The third-order valence-corrected chi connectivity index (χ3v) is 9.68. The van der Waals surface area contributed by atoms with E-state index in [0.717, 1.165) is 35.1 Å². The first kappa shape index (κ1) is 29.5. The van der Waals surface area contributed by atoms with Gasteiger partial charge in [-0.1, -0.05) is 19.1 Å². The summed E-state index contributed by atoms with van der Waals surface area (Å²) in [6, 6.07) is 11.8. The topological polar surface area (TPSA) is 126 Å². The summed E-state index contributed by atoms with van der Waals surface area (Å²) < 4.78 is 0. The third kappa shape index (κ3) is 5.02. The molecule has 3 aromatic rings. The van der Waals surface area contributed by atoms with Crippen molar-refractivity contribution in [3.63, 3.8) is 0 Å². The van der Waals surface area contributed by atoms with Crippen LogP contribution in [0.25, 0.3) is 4.85 Å². The third-order valence-electron chi connectivity index (χ3n) is 9.68. The van der Waals surface area contributed by atoms with E-state index in [1.807, 2.05) is 41.3 Å². The molecule has 1 saturated carbocycles. The maximum absolute atomic E-state index is 13.4. The van der Waals surface area contributed by atoms with E-state index in [2.05, 4.69) is 32.7 Å². The van der Waals surface area contributed by atoms with Crippen molar-refractivity contribution in [2.45, 2.75) is 69.5 Å². The lowest BCUT2D eigenvalue weighted by Crippen LogP contribution is -2.37. The number of rotatable bonds is 8. The van der Waals surface area contributed by atoms with Gasteiger partial charge in [-0.25, -0.2) is 6.57 Å². The van der Waals surface area contributed by atoms with Crippen LogP contribution in [-0.2, 0) is 30.1 Å². The maximum atomic E-state index is 13.4. The lowest BCUT2D eigenvalue weighted by atomic mass is 9.66. The SMILES string of the molecule is [C-]#[N+][C@@H]1C[C@@H]2C[C@@H]2N1C(=O)CC[C@@H](C)CC1(c2nnn(C)n2)c2ccc(C(=O)NC)cc2CCc2cc(C(=O)NC)ccc21. The normalized spacial score (nSPS) is 21.6. The van der Waals surface area contributed by atoms with Crippen molar-refractivity contribution in [1.29, 1.82) is 0 Å². The Hall–Kier alpha value is -4.59. The van der Waals surface area contributed by atoms with Crippen LogP contribution in [0.4, 0.5) is 0 Å². The first-order valence-electron chi connectivity index (χ1n) is 15.3. The molecule has 3 amide bonds. The lowest BCUT2D eigenvalue weighted by molar-refractivity contribution is -0.132. The van der Waals surface area contributed by atoms with Gasteiger partial charge in [0.1, 0.15) is 0 Å². The largest absolute Gasteiger partial charge is 0.355 e. The van der Waals surface area contributed by atoms with Crippen LogP contribution in [-0.4, -0.2) is 69.1 Å². The Bertz CT molecular complexity index is 1610. The molecule has 0 radical (unpaired) electrons. The van der Waals surface area contributed by atoms with Crippen LogP contribution in [0.5, 0.6) is 0 Å². The van der Waals surface area contributed by atoms with Gasteiger partial charge in [-0.2, -0.15) is 4.80 Å². The van der Waals surface area contributed by atoms with Gasteiger partial charge in [0.15, 0.2) is 5.82 Å². The smallest absolute Gasteiger partial charge is 0.301 e. The van der Waals surface area contributed by atoms with Gasteiger partial charge in [0.2, 0.25) is 5.91 Å². The number of tetrazole rings is 1. The first-order valence-corrected chi connectivity index (χ1v) is 15.3. The molecule has 1 aliphatic heterocycles. The van der Waals surface area contributed by atoms with E-state index in [9.17, 15) is 14.4 Å². The molecule has 1 aromatic heterocycles. The van der Waals surface area contributed by atoms with Crippen LogP contribution >= 0.6 is 0 Å². The van der Waals surface area contributed by atoms with Gasteiger partial charge < -0.3 is 10.6 Å². The van der Waals surface area contributed by atoms with Gasteiger partial charge in [0, 0.05) is 44.1 Å². The molecule has 2 aliphatic carbocycles. The highest BCUT2D eigenvalue weighted by atomic mass is 16.2. The van der Waals surface area contributed by atoms with Crippen molar-refractivity contribution < 1.29 is 14.4 Å². The zero-order chi connectivity index (χ0) is 31.2. The fourth-order valence-corrected chi connectivity index (χ4v) is 7.45. The van der Waals surface area contributed by atoms with Gasteiger partial charge in [0.25, 0.3) is 11.8 Å². The molecule has 2 N–H and O–H groups in total. The van der Waals surface area contributed by atoms with Gasteiger partial charge in [-0.3, -0.25) is 24.1 Å². The van der Waals surface area contributed by atoms with Crippen LogP contribution in [0.15, 0.2) is 36.4 Å². The van der Waals surface area contributed by atoms with Crippen molar-refractivity contribution in [3.8, 4) is 0 Å². The number of likely N-dealkylation sites (tertiary alicyclic amines) is 1. The Labute approximate surface area is 257 Å². The number of nitrogens with zero attached hydrogens (tertiary/aromatic N) is 6. The molecule has 4 atom stereocenters. The number of piperidine rings is 1. The lowest BCUT2D eigenvalue weighted by Gasteiger charge is -2.36. The standard InChI is InChI=1S/C33H38N8O3/c1-19(6-13-29(42)41-27-16-24(27)17-28(41)34-2)18-33(32-37-39-40(5)38-32)25-11-9-22(30(43)35-3)14-20(25)7-8-21-15-23(31(44)36-4)10-12-26(21)33/h9-12,14-15,19,24,27-28H,6-8,13,16-18H2,1,3-5H3,(H,35,43)(H,36,44)/t19-,24+,27+,28+/m1/s1. The molecule has 0 spiro atoms. The van der Waals surface area contributed by atoms with E-state index in [4.69, 9.17) is 11.7 Å². The van der Waals surface area contributed by atoms with E-state index in [1.165, 1.54) is 4.80 Å². The molecule has 11 nitrogen and oxygen atoms in total. The first-order chi connectivity index (χ1) is 21.2. The number of aromatic nitrogens is 4. The van der Waals surface area contributed by atoms with Gasteiger partial charge in [-0.15, -0.1) is 10.2 Å². The molecule has 228 valence electrons. The fraction of sp³-hybridized carbons (Fsp3) is 0.485. The molecule has 11 heteroatoms. The molecule has 2 aromatic carbocycles. The minimum atomic E-state index is -0.839. The average molecular weight is 595 g/mol. The van der Waals surface area contributed by atoms with Gasteiger partial charge >= 0.3 is 6.17 Å². The van der Waals surface area contributed by atoms with Crippen LogP contribution in [0.3, 0.4) is 0 Å². The van der Waals surface area contributed by atoms with E-state index in [0.29, 0.717) is 55.0 Å². The van der Waals surface area contributed by atoms with Crippen molar-refractivity contribution in [2.24, 2.45) is 18.9 Å². The maximum Gasteiger partial charge on any atom is 0.301 e. The molecule has 44 heavy (non-hydrogen) atoms. The highest BCUT2D eigenvalue weighted by Crippen LogP contribution is 2.50. The number of nitrogens with one attached hydrogen (secondary N) is 2. The second-order valence-corrected chi connectivity index (χ2v) is 12.5. The number of hydrogen-bond donors (Lipinski definition) is 2. The number of hydrogen-bond acceptors (Lipinski definition) is 6. The van der Waals surface area contributed by atoms with Crippen LogP contribution in [0, 0.1) is 18.4 Å². The highest BCUT2D eigenvalue weighted by Gasteiger charge is 2.57. The molecular weight excluding hydrogens is 556 g/mol. The number of fused-ring (bicyclic) bond motifs is 3. The second kappa shape index (κ2) is 11.5. The quantitative estimate of drug-likeness (QED) is 0.386. The summed E-state index contributed by atoms with van der Waals surface area (Å²) in [4.78, 5) is 45.7. The molecule has 2 fully saturated rings. The minimum Gasteiger partial charge on any atom is -0.355 e. The number of benzene rings is 2. The van der Waals surface area contributed by atoms with Crippen molar-refractivity contribution in [1.82, 2.24) is 35.7 Å².